The van der Waals surface area contributed by atoms with E-state index in [4.69, 9.17) is 18.9 Å². The van der Waals surface area contributed by atoms with Gasteiger partial charge in [0.2, 0.25) is 0 Å². The fourth-order valence-electron chi connectivity index (χ4n) is 11.8. The van der Waals surface area contributed by atoms with E-state index >= 15 is 0 Å². The molecule has 1 saturated heterocycles. The second-order valence-electron chi connectivity index (χ2n) is 15.8. The molecule has 0 spiro atoms. The molecule has 6 rings (SSSR count). The van der Waals surface area contributed by atoms with Crippen molar-refractivity contribution in [2.24, 2.45) is 63.6 Å². The standard InChI is InChI=1S/C36H46O12/c1-14-13-21-35(8,36(9,44)32(43)48-21)27-24(14)34(7)26(30(27)46-17(4)39)23-25(22(15(2)37)31(34)47-18(5)40)33(6)19(28(41)29(23)42)11-10-12-20(33)45-16(3)38/h10,12-14,19-20,22-27,29-31,42,44H,11H2,1-9H3/t14-,19?,20+,22+,23?,24?,25?,26?,27?,29-,30-,31+,33-,34-,35+,36-/m1/s1. The van der Waals surface area contributed by atoms with Crippen molar-refractivity contribution in [1.82, 2.24) is 0 Å². The minimum absolute atomic E-state index is 0.217. The summed E-state index contributed by atoms with van der Waals surface area (Å²) in [6.45, 7) is 13.6. The summed E-state index contributed by atoms with van der Waals surface area (Å²) >= 11 is 0. The van der Waals surface area contributed by atoms with Crippen molar-refractivity contribution >= 4 is 35.4 Å². The molecule has 6 unspecified atom stereocenters. The number of aliphatic hydroxyl groups excluding tert-OH is 1. The molecule has 1 heterocycles. The molecule has 12 heteroatoms. The number of allylic oxidation sites excluding steroid dienone is 2. The first-order valence-corrected chi connectivity index (χ1v) is 16.8. The van der Waals surface area contributed by atoms with E-state index in [-0.39, 0.29) is 18.0 Å². The smallest absolute Gasteiger partial charge is 0.343 e. The van der Waals surface area contributed by atoms with Gasteiger partial charge in [0.15, 0.2) is 11.4 Å². The van der Waals surface area contributed by atoms with E-state index in [9.17, 15) is 39.0 Å². The van der Waals surface area contributed by atoms with Gasteiger partial charge >= 0.3 is 23.9 Å². The normalized spacial score (nSPS) is 50.0. The van der Waals surface area contributed by atoms with Gasteiger partial charge in [0, 0.05) is 55.3 Å². The summed E-state index contributed by atoms with van der Waals surface area (Å²) in [6.07, 6.45) is 0.510. The molecule has 1 aliphatic heterocycles. The Bertz CT molecular complexity index is 1560. The van der Waals surface area contributed by atoms with Crippen LogP contribution >= 0.6 is 0 Å². The van der Waals surface area contributed by atoms with Crippen molar-refractivity contribution in [3.8, 4) is 0 Å². The molecule has 3 saturated carbocycles. The highest BCUT2D eigenvalue weighted by Gasteiger charge is 2.82. The molecule has 6 aliphatic rings. The van der Waals surface area contributed by atoms with E-state index in [0.717, 1.165) is 0 Å². The predicted octanol–water partition coefficient (Wildman–Crippen LogP) is 2.47. The molecule has 2 N–H and O–H groups in total. The van der Waals surface area contributed by atoms with Crippen LogP contribution in [-0.4, -0.2) is 75.7 Å². The largest absolute Gasteiger partial charge is 0.462 e. The number of rotatable bonds is 4. The van der Waals surface area contributed by atoms with Gasteiger partial charge in [0.05, 0.1) is 11.3 Å². The maximum atomic E-state index is 14.4. The zero-order valence-electron chi connectivity index (χ0n) is 28.8. The summed E-state index contributed by atoms with van der Waals surface area (Å²) < 4.78 is 23.9. The summed E-state index contributed by atoms with van der Waals surface area (Å²) in [5.74, 6) is -10.1. The van der Waals surface area contributed by atoms with Crippen LogP contribution in [0.1, 0.15) is 68.7 Å². The van der Waals surface area contributed by atoms with Crippen LogP contribution in [0.25, 0.3) is 0 Å². The van der Waals surface area contributed by atoms with E-state index in [1.165, 1.54) is 34.6 Å². The van der Waals surface area contributed by atoms with Gasteiger partial charge in [-0.05, 0) is 57.1 Å². The lowest BCUT2D eigenvalue weighted by Gasteiger charge is -2.65. The molecule has 4 fully saturated rings. The molecule has 262 valence electrons. The monoisotopic (exact) mass is 670 g/mol. The van der Waals surface area contributed by atoms with E-state index in [0.29, 0.717) is 0 Å². The summed E-state index contributed by atoms with van der Waals surface area (Å²) in [6, 6.07) is 0. The second-order valence-corrected chi connectivity index (χ2v) is 15.8. The number of Topliss-reactive ketones (excluding diaryl/α,β-unsaturated/α-hetero) is 2. The average molecular weight is 671 g/mol. The molecular formula is C36H46O12. The third-order valence-corrected chi connectivity index (χ3v) is 13.6. The van der Waals surface area contributed by atoms with Gasteiger partial charge in [-0.1, -0.05) is 26.8 Å². The quantitative estimate of drug-likeness (QED) is 0.254. The number of esters is 4. The summed E-state index contributed by atoms with van der Waals surface area (Å²) in [5.41, 5.74) is -6.03. The molecule has 0 aromatic rings. The van der Waals surface area contributed by atoms with Crippen LogP contribution in [0.2, 0.25) is 0 Å². The molecule has 16 atom stereocenters. The molecule has 0 radical (unpaired) electrons. The maximum Gasteiger partial charge on any atom is 0.343 e. The lowest BCUT2D eigenvalue weighted by Crippen LogP contribution is -2.72. The SMILES string of the molecule is CC(=O)O[C@@H]1C2C3C([C@H](C(C)=O)[C@H](OC(C)=O)[C@]2(C)C2C1[C@]1(C)C(=C[C@H]2C)OC(=O)[C@@]1(C)O)[C@]1(C)C(CC=C[C@@H]1OC(C)=O)C(=O)[C@@H]3O. The number of hydrogen-bond donors (Lipinski definition) is 2. The molecule has 5 aliphatic carbocycles. The van der Waals surface area contributed by atoms with Crippen LogP contribution in [0.3, 0.4) is 0 Å². The first-order chi connectivity index (χ1) is 22.2. The molecule has 0 aromatic heterocycles. The van der Waals surface area contributed by atoms with Crippen molar-refractivity contribution in [3.63, 3.8) is 0 Å². The number of hydrogen-bond acceptors (Lipinski definition) is 12. The second kappa shape index (κ2) is 10.8. The third kappa shape index (κ3) is 4.13. The number of carbonyl (C=O) groups is 6. The van der Waals surface area contributed by atoms with Crippen molar-refractivity contribution in [2.75, 3.05) is 0 Å². The number of aliphatic hydroxyl groups is 2. The number of ether oxygens (including phenoxy) is 4. The van der Waals surface area contributed by atoms with Crippen molar-refractivity contribution < 1.29 is 57.9 Å². The highest BCUT2D eigenvalue weighted by atomic mass is 16.6. The Morgan fingerprint density at radius 1 is 0.854 bits per heavy atom. The van der Waals surface area contributed by atoms with Gasteiger partial charge in [-0.2, -0.15) is 0 Å². The molecule has 0 amide bonds. The maximum absolute atomic E-state index is 14.4. The minimum atomic E-state index is -2.08. The molecule has 0 aromatic carbocycles. The molecule has 0 bridgehead atoms. The first-order valence-electron chi connectivity index (χ1n) is 16.8. The Morgan fingerprint density at radius 3 is 2.02 bits per heavy atom. The van der Waals surface area contributed by atoms with Gasteiger partial charge in [-0.25, -0.2) is 4.79 Å². The summed E-state index contributed by atoms with van der Waals surface area (Å²) in [4.78, 5) is 80.2. The van der Waals surface area contributed by atoms with Gasteiger partial charge in [-0.3, -0.25) is 24.0 Å². The Hall–Kier alpha value is -3.38. The highest BCUT2D eigenvalue weighted by molar-refractivity contribution is 5.90. The zero-order valence-corrected chi connectivity index (χ0v) is 28.8. The van der Waals surface area contributed by atoms with E-state index in [1.54, 1.807) is 32.1 Å². The average Bonchev–Trinajstić information content (AvgIpc) is 3.32. The summed E-state index contributed by atoms with van der Waals surface area (Å²) in [7, 11) is 0. The van der Waals surface area contributed by atoms with Crippen molar-refractivity contribution in [3.05, 3.63) is 24.0 Å². The van der Waals surface area contributed by atoms with Crippen LogP contribution in [0.5, 0.6) is 0 Å². The van der Waals surface area contributed by atoms with Crippen LogP contribution in [0, 0.1) is 63.6 Å². The number of fused-ring (bicyclic) bond motifs is 9. The van der Waals surface area contributed by atoms with Crippen LogP contribution in [-0.2, 0) is 47.7 Å². The predicted molar refractivity (Wildman–Crippen MR) is 165 cm³/mol. The molecule has 12 nitrogen and oxygen atoms in total. The van der Waals surface area contributed by atoms with E-state index < -0.39 is 123 Å². The highest BCUT2D eigenvalue weighted by Crippen LogP contribution is 2.76. The van der Waals surface area contributed by atoms with E-state index in [1.807, 2.05) is 13.8 Å². The fourth-order valence-corrected chi connectivity index (χ4v) is 11.8. The van der Waals surface area contributed by atoms with Gasteiger partial charge in [0.25, 0.3) is 0 Å². The molecule has 48 heavy (non-hydrogen) atoms. The topological polar surface area (TPSA) is 180 Å². The van der Waals surface area contributed by atoms with Crippen LogP contribution in [0.4, 0.5) is 0 Å². The van der Waals surface area contributed by atoms with Gasteiger partial charge in [-0.15, -0.1) is 0 Å². The van der Waals surface area contributed by atoms with Crippen molar-refractivity contribution in [1.29, 1.82) is 0 Å². The van der Waals surface area contributed by atoms with Crippen molar-refractivity contribution in [2.45, 2.75) is 98.8 Å². The van der Waals surface area contributed by atoms with Gasteiger partial charge < -0.3 is 29.2 Å². The summed E-state index contributed by atoms with van der Waals surface area (Å²) in [5, 5.41) is 24.0. The fraction of sp³-hybridized carbons (Fsp3) is 0.722. The Labute approximate surface area is 279 Å². The number of ketones is 2. The van der Waals surface area contributed by atoms with Crippen LogP contribution < -0.4 is 0 Å². The molecular weight excluding hydrogens is 624 g/mol. The Kier molecular flexibility index (Phi) is 7.76. The third-order valence-electron chi connectivity index (χ3n) is 13.6. The first kappa shape index (κ1) is 34.5. The minimum Gasteiger partial charge on any atom is -0.462 e. The van der Waals surface area contributed by atoms with Gasteiger partial charge in [0.1, 0.15) is 36.0 Å². The lowest BCUT2D eigenvalue weighted by atomic mass is 9.39. The Morgan fingerprint density at radius 2 is 1.46 bits per heavy atom. The zero-order chi connectivity index (χ0) is 35.6. The van der Waals surface area contributed by atoms with E-state index in [2.05, 4.69) is 0 Å². The number of carbonyl (C=O) groups excluding carboxylic acids is 6. The Balaban J connectivity index is 1.69. The lowest BCUT2D eigenvalue weighted by molar-refractivity contribution is -0.245. The van der Waals surface area contributed by atoms with Crippen LogP contribution in [0.15, 0.2) is 24.0 Å².